The predicted molar refractivity (Wildman–Crippen MR) is 73.3 cm³/mol. The molecular formula is C12H18N4O3. The van der Waals surface area contributed by atoms with Crippen molar-refractivity contribution in [3.63, 3.8) is 0 Å². The van der Waals surface area contributed by atoms with E-state index in [1.165, 1.54) is 24.3 Å². The first kappa shape index (κ1) is 14.9. The summed E-state index contributed by atoms with van der Waals surface area (Å²) in [7, 11) is 0. The second-order valence-electron chi connectivity index (χ2n) is 4.29. The number of nitrogens with one attached hydrogen (secondary N) is 3. The van der Waals surface area contributed by atoms with Crippen molar-refractivity contribution >= 4 is 17.4 Å². The van der Waals surface area contributed by atoms with E-state index >= 15 is 0 Å². The van der Waals surface area contributed by atoms with Crippen LogP contribution in [0.5, 0.6) is 0 Å². The minimum atomic E-state index is -0.485. The van der Waals surface area contributed by atoms with Gasteiger partial charge in [-0.2, -0.15) is 0 Å². The van der Waals surface area contributed by atoms with Crippen LogP contribution >= 0.6 is 0 Å². The van der Waals surface area contributed by atoms with E-state index < -0.39 is 4.92 Å². The van der Waals surface area contributed by atoms with Crippen LogP contribution in [0.2, 0.25) is 0 Å². The van der Waals surface area contributed by atoms with Gasteiger partial charge in [0.15, 0.2) is 0 Å². The average molecular weight is 266 g/mol. The molecule has 0 aliphatic carbocycles. The first-order chi connectivity index (χ1) is 8.99. The quantitative estimate of drug-likeness (QED) is 0.415. The monoisotopic (exact) mass is 266 g/mol. The Bertz CT molecular complexity index is 431. The molecule has 19 heavy (non-hydrogen) atoms. The fraction of sp³-hybridized carbons (Fsp3) is 0.417. The highest BCUT2D eigenvalue weighted by molar-refractivity contribution is 5.89. The standard InChI is InChI=1S/C12H18N4O3/c1-9(2)13-7-8-14-12(17)15-10-3-5-11(6-4-10)16(18)19/h3-6,9,13H,7-8H2,1-2H3,(H2,14,15,17). The van der Waals surface area contributed by atoms with Crippen LogP contribution in [0, 0.1) is 10.1 Å². The zero-order valence-corrected chi connectivity index (χ0v) is 11.0. The fourth-order valence-corrected chi connectivity index (χ4v) is 1.38. The van der Waals surface area contributed by atoms with E-state index in [1.54, 1.807) is 0 Å². The van der Waals surface area contributed by atoms with Crippen LogP contribution in [0.25, 0.3) is 0 Å². The summed E-state index contributed by atoms with van der Waals surface area (Å²) in [5.41, 5.74) is 0.506. The van der Waals surface area contributed by atoms with E-state index in [1.807, 2.05) is 13.8 Å². The molecule has 3 N–H and O–H groups in total. The molecule has 2 amide bonds. The maximum absolute atomic E-state index is 11.5. The van der Waals surface area contributed by atoms with Gasteiger partial charge in [0, 0.05) is 37.0 Å². The Balaban J connectivity index is 2.34. The molecule has 0 unspecified atom stereocenters. The molecule has 0 aromatic heterocycles. The number of benzene rings is 1. The number of urea groups is 1. The third kappa shape index (κ3) is 5.82. The molecule has 1 rings (SSSR count). The number of hydrogen-bond acceptors (Lipinski definition) is 4. The molecular weight excluding hydrogens is 248 g/mol. The second-order valence-corrected chi connectivity index (χ2v) is 4.29. The molecule has 1 aromatic carbocycles. The first-order valence-corrected chi connectivity index (χ1v) is 6.01. The number of carbonyl (C=O) groups excluding carboxylic acids is 1. The molecule has 0 heterocycles. The molecule has 0 aliphatic rings. The molecule has 0 radical (unpaired) electrons. The largest absolute Gasteiger partial charge is 0.337 e. The summed E-state index contributed by atoms with van der Waals surface area (Å²) >= 11 is 0. The number of amides is 2. The third-order valence-electron chi connectivity index (χ3n) is 2.30. The van der Waals surface area contributed by atoms with Gasteiger partial charge in [0.1, 0.15) is 0 Å². The lowest BCUT2D eigenvalue weighted by molar-refractivity contribution is -0.384. The minimum Gasteiger partial charge on any atom is -0.337 e. The number of nitrogens with zero attached hydrogens (tertiary/aromatic N) is 1. The molecule has 0 spiro atoms. The number of rotatable bonds is 6. The summed E-state index contributed by atoms with van der Waals surface area (Å²) in [6, 6.07) is 5.71. The maximum atomic E-state index is 11.5. The summed E-state index contributed by atoms with van der Waals surface area (Å²) in [4.78, 5) is 21.5. The van der Waals surface area contributed by atoms with Crippen LogP contribution in [0.15, 0.2) is 24.3 Å². The lowest BCUT2D eigenvalue weighted by atomic mass is 10.3. The minimum absolute atomic E-state index is 0.00732. The third-order valence-corrected chi connectivity index (χ3v) is 2.30. The molecule has 7 heteroatoms. The van der Waals surface area contributed by atoms with Crippen molar-refractivity contribution in [2.75, 3.05) is 18.4 Å². The average Bonchev–Trinajstić information content (AvgIpc) is 2.35. The van der Waals surface area contributed by atoms with Crippen molar-refractivity contribution in [1.29, 1.82) is 0 Å². The number of carbonyl (C=O) groups is 1. The summed E-state index contributed by atoms with van der Waals surface area (Å²) < 4.78 is 0. The molecule has 0 bridgehead atoms. The van der Waals surface area contributed by atoms with Crippen molar-refractivity contribution in [3.8, 4) is 0 Å². The highest BCUT2D eigenvalue weighted by Crippen LogP contribution is 2.14. The van der Waals surface area contributed by atoms with Crippen molar-refractivity contribution in [2.24, 2.45) is 0 Å². The lowest BCUT2D eigenvalue weighted by Gasteiger charge is -2.10. The second kappa shape index (κ2) is 7.32. The number of non-ortho nitro benzene ring substituents is 1. The Morgan fingerprint density at radius 2 is 1.89 bits per heavy atom. The van der Waals surface area contributed by atoms with Gasteiger partial charge in [-0.3, -0.25) is 10.1 Å². The molecule has 0 saturated carbocycles. The van der Waals surface area contributed by atoms with E-state index in [0.717, 1.165) is 0 Å². The molecule has 1 aromatic rings. The molecule has 104 valence electrons. The molecule has 0 aliphatic heterocycles. The Labute approximate surface area is 111 Å². The van der Waals surface area contributed by atoms with Gasteiger partial charge in [-0.25, -0.2) is 4.79 Å². The molecule has 0 fully saturated rings. The normalized spacial score (nSPS) is 10.3. The highest BCUT2D eigenvalue weighted by atomic mass is 16.6. The van der Waals surface area contributed by atoms with Gasteiger partial charge >= 0.3 is 6.03 Å². The van der Waals surface area contributed by atoms with Crippen LogP contribution < -0.4 is 16.0 Å². The number of hydrogen-bond donors (Lipinski definition) is 3. The van der Waals surface area contributed by atoms with Crippen molar-refractivity contribution in [1.82, 2.24) is 10.6 Å². The number of anilines is 1. The smallest absolute Gasteiger partial charge is 0.319 e. The van der Waals surface area contributed by atoms with Crippen LogP contribution in [-0.4, -0.2) is 30.1 Å². The Hall–Kier alpha value is -2.15. The topological polar surface area (TPSA) is 96.3 Å². The van der Waals surface area contributed by atoms with Gasteiger partial charge in [0.25, 0.3) is 5.69 Å². The van der Waals surface area contributed by atoms with Crippen molar-refractivity contribution < 1.29 is 9.72 Å². The molecule has 0 saturated heterocycles. The van der Waals surface area contributed by atoms with Gasteiger partial charge in [0.2, 0.25) is 0 Å². The lowest BCUT2D eigenvalue weighted by Crippen LogP contribution is -2.36. The van der Waals surface area contributed by atoms with Crippen LogP contribution in [0.1, 0.15) is 13.8 Å². The van der Waals surface area contributed by atoms with Gasteiger partial charge in [-0.05, 0) is 12.1 Å². The van der Waals surface area contributed by atoms with Gasteiger partial charge in [-0.15, -0.1) is 0 Å². The molecule has 7 nitrogen and oxygen atoms in total. The van der Waals surface area contributed by atoms with E-state index in [2.05, 4.69) is 16.0 Å². The van der Waals surface area contributed by atoms with Crippen LogP contribution in [0.4, 0.5) is 16.2 Å². The van der Waals surface area contributed by atoms with Gasteiger partial charge in [0.05, 0.1) is 4.92 Å². The van der Waals surface area contributed by atoms with E-state index in [-0.39, 0.29) is 11.7 Å². The summed E-state index contributed by atoms with van der Waals surface area (Å²) in [6.45, 7) is 5.25. The van der Waals surface area contributed by atoms with Crippen molar-refractivity contribution in [3.05, 3.63) is 34.4 Å². The summed E-state index contributed by atoms with van der Waals surface area (Å²) in [5.74, 6) is 0. The van der Waals surface area contributed by atoms with E-state index in [4.69, 9.17) is 0 Å². The summed E-state index contributed by atoms with van der Waals surface area (Å²) in [6.07, 6.45) is 0. The first-order valence-electron chi connectivity index (χ1n) is 6.01. The van der Waals surface area contributed by atoms with Crippen LogP contribution in [-0.2, 0) is 0 Å². The van der Waals surface area contributed by atoms with E-state index in [0.29, 0.717) is 24.8 Å². The Morgan fingerprint density at radius 3 is 2.42 bits per heavy atom. The van der Waals surface area contributed by atoms with E-state index in [9.17, 15) is 14.9 Å². The number of nitro groups is 1. The predicted octanol–water partition coefficient (Wildman–Crippen LogP) is 1.71. The van der Waals surface area contributed by atoms with Gasteiger partial charge < -0.3 is 16.0 Å². The fourth-order valence-electron chi connectivity index (χ4n) is 1.38. The number of nitro benzene ring substituents is 1. The zero-order chi connectivity index (χ0) is 14.3. The zero-order valence-electron chi connectivity index (χ0n) is 11.0. The van der Waals surface area contributed by atoms with Gasteiger partial charge in [-0.1, -0.05) is 13.8 Å². The maximum Gasteiger partial charge on any atom is 0.319 e. The molecule has 0 atom stereocenters. The Kier molecular flexibility index (Phi) is 5.74. The summed E-state index contributed by atoms with van der Waals surface area (Å²) in [5, 5.41) is 18.9. The van der Waals surface area contributed by atoms with Crippen LogP contribution in [0.3, 0.4) is 0 Å². The SMILES string of the molecule is CC(C)NCCNC(=O)Nc1ccc([N+](=O)[O-])cc1. The Morgan fingerprint density at radius 1 is 1.26 bits per heavy atom. The highest BCUT2D eigenvalue weighted by Gasteiger charge is 2.05. The van der Waals surface area contributed by atoms with Crippen molar-refractivity contribution in [2.45, 2.75) is 19.9 Å².